The van der Waals surface area contributed by atoms with Crippen LogP contribution in [0.2, 0.25) is 0 Å². The van der Waals surface area contributed by atoms with Gasteiger partial charge in [0.15, 0.2) is 0 Å². The molecule has 1 atom stereocenters. The highest BCUT2D eigenvalue weighted by molar-refractivity contribution is 5.93. The Morgan fingerprint density at radius 1 is 0.935 bits per heavy atom. The number of hydrogen-bond donors (Lipinski definition) is 1. The topological polar surface area (TPSA) is 54.3 Å². The summed E-state index contributed by atoms with van der Waals surface area (Å²) in [6.07, 6.45) is 2.43. The molecule has 0 bridgehead atoms. The average molecular weight is 416 g/mol. The third kappa shape index (κ3) is 4.55. The molecule has 2 heterocycles. The number of aromatic nitrogens is 1. The maximum atomic E-state index is 13.2. The molecule has 0 saturated heterocycles. The zero-order valence-corrected chi connectivity index (χ0v) is 18.4. The third-order valence-electron chi connectivity index (χ3n) is 6.07. The van der Waals surface area contributed by atoms with Crippen LogP contribution in [0, 0.1) is 20.8 Å². The lowest BCUT2D eigenvalue weighted by molar-refractivity contribution is -0.135. The van der Waals surface area contributed by atoms with E-state index in [9.17, 15) is 9.59 Å². The fraction of sp³-hybridized carbons (Fsp3) is 0.308. The van der Waals surface area contributed by atoms with Crippen molar-refractivity contribution in [3.63, 3.8) is 0 Å². The second-order valence-corrected chi connectivity index (χ2v) is 8.38. The van der Waals surface area contributed by atoms with Gasteiger partial charge in [-0.2, -0.15) is 0 Å². The summed E-state index contributed by atoms with van der Waals surface area (Å²) < 4.78 is 2.21. The zero-order chi connectivity index (χ0) is 22.0. The van der Waals surface area contributed by atoms with Crippen LogP contribution in [0.4, 0.5) is 5.69 Å². The van der Waals surface area contributed by atoms with Crippen molar-refractivity contribution in [3.8, 4) is 0 Å². The summed E-state index contributed by atoms with van der Waals surface area (Å²) in [5.74, 6) is -0.127. The SMILES string of the molecule is Cc1cccc([C@@H]2c3cccn3CCN2C(=O)CCC(=O)Nc2ccc(C)c(C)c2)c1. The molecule has 0 spiro atoms. The predicted octanol–water partition coefficient (Wildman–Crippen LogP) is 4.76. The summed E-state index contributed by atoms with van der Waals surface area (Å²) in [6.45, 7) is 7.53. The Hall–Kier alpha value is -3.34. The van der Waals surface area contributed by atoms with Crippen molar-refractivity contribution in [1.82, 2.24) is 9.47 Å². The van der Waals surface area contributed by atoms with E-state index < -0.39 is 0 Å². The largest absolute Gasteiger partial charge is 0.348 e. The van der Waals surface area contributed by atoms with Crippen LogP contribution in [0.25, 0.3) is 0 Å². The van der Waals surface area contributed by atoms with E-state index in [1.54, 1.807) is 0 Å². The van der Waals surface area contributed by atoms with Gasteiger partial charge < -0.3 is 14.8 Å². The number of rotatable bonds is 5. The molecule has 2 aromatic carbocycles. The fourth-order valence-electron chi connectivity index (χ4n) is 4.25. The molecule has 0 unspecified atom stereocenters. The molecule has 1 aliphatic rings. The Labute approximate surface area is 183 Å². The van der Waals surface area contributed by atoms with Crippen molar-refractivity contribution in [1.29, 1.82) is 0 Å². The predicted molar refractivity (Wildman–Crippen MR) is 123 cm³/mol. The fourth-order valence-corrected chi connectivity index (χ4v) is 4.25. The molecule has 5 heteroatoms. The molecule has 31 heavy (non-hydrogen) atoms. The van der Waals surface area contributed by atoms with Crippen LogP contribution in [0.15, 0.2) is 60.8 Å². The number of anilines is 1. The van der Waals surface area contributed by atoms with Crippen molar-refractivity contribution in [2.75, 3.05) is 11.9 Å². The van der Waals surface area contributed by atoms with Crippen LogP contribution in [-0.4, -0.2) is 27.8 Å². The van der Waals surface area contributed by atoms with E-state index in [2.05, 4.69) is 47.3 Å². The van der Waals surface area contributed by atoms with E-state index in [4.69, 9.17) is 0 Å². The summed E-state index contributed by atoms with van der Waals surface area (Å²) in [7, 11) is 0. The van der Waals surface area contributed by atoms with Gasteiger partial charge in [0, 0.05) is 43.5 Å². The Morgan fingerprint density at radius 2 is 1.77 bits per heavy atom. The van der Waals surface area contributed by atoms with Crippen molar-refractivity contribution >= 4 is 17.5 Å². The molecule has 1 aliphatic heterocycles. The lowest BCUT2D eigenvalue weighted by Gasteiger charge is -2.37. The maximum Gasteiger partial charge on any atom is 0.224 e. The van der Waals surface area contributed by atoms with Crippen molar-refractivity contribution in [2.24, 2.45) is 0 Å². The normalized spacial score (nSPS) is 15.5. The van der Waals surface area contributed by atoms with E-state index >= 15 is 0 Å². The van der Waals surface area contributed by atoms with E-state index in [1.807, 2.05) is 49.1 Å². The number of benzene rings is 2. The number of nitrogens with one attached hydrogen (secondary N) is 1. The first-order valence-corrected chi connectivity index (χ1v) is 10.8. The Kier molecular flexibility index (Phi) is 5.94. The average Bonchev–Trinajstić information content (AvgIpc) is 3.23. The molecular weight excluding hydrogens is 386 g/mol. The lowest BCUT2D eigenvalue weighted by Crippen LogP contribution is -2.42. The minimum absolute atomic E-state index is 0.00851. The second-order valence-electron chi connectivity index (χ2n) is 8.38. The minimum atomic E-state index is -0.135. The van der Waals surface area contributed by atoms with E-state index in [0.717, 1.165) is 29.1 Å². The lowest BCUT2D eigenvalue weighted by atomic mass is 9.98. The van der Waals surface area contributed by atoms with Crippen molar-refractivity contribution in [3.05, 3.63) is 88.7 Å². The van der Waals surface area contributed by atoms with E-state index in [1.165, 1.54) is 11.1 Å². The first kappa shape index (κ1) is 20.9. The molecule has 0 aliphatic carbocycles. The quantitative estimate of drug-likeness (QED) is 0.653. The Bertz CT molecular complexity index is 1120. The highest BCUT2D eigenvalue weighted by Gasteiger charge is 2.32. The van der Waals surface area contributed by atoms with Gasteiger partial charge in [-0.1, -0.05) is 35.9 Å². The van der Waals surface area contributed by atoms with Gasteiger partial charge in [-0.3, -0.25) is 9.59 Å². The van der Waals surface area contributed by atoms with Gasteiger partial charge in [-0.25, -0.2) is 0 Å². The van der Waals surface area contributed by atoms with Crippen LogP contribution >= 0.6 is 0 Å². The third-order valence-corrected chi connectivity index (χ3v) is 6.07. The van der Waals surface area contributed by atoms with Crippen molar-refractivity contribution < 1.29 is 9.59 Å². The van der Waals surface area contributed by atoms with Gasteiger partial charge in [-0.15, -0.1) is 0 Å². The van der Waals surface area contributed by atoms with Gasteiger partial charge in [-0.05, 0) is 61.7 Å². The first-order chi connectivity index (χ1) is 14.9. The molecule has 0 radical (unpaired) electrons. The molecule has 0 fully saturated rings. The van der Waals surface area contributed by atoms with Crippen LogP contribution < -0.4 is 5.32 Å². The van der Waals surface area contributed by atoms with Gasteiger partial charge in [0.1, 0.15) is 0 Å². The highest BCUT2D eigenvalue weighted by atomic mass is 16.2. The monoisotopic (exact) mass is 415 g/mol. The summed E-state index contributed by atoms with van der Waals surface area (Å²) in [5.41, 5.74) is 6.48. The van der Waals surface area contributed by atoms with Crippen LogP contribution in [0.5, 0.6) is 0 Å². The van der Waals surface area contributed by atoms with Crippen LogP contribution in [-0.2, 0) is 16.1 Å². The van der Waals surface area contributed by atoms with Crippen LogP contribution in [0.3, 0.4) is 0 Å². The highest BCUT2D eigenvalue weighted by Crippen LogP contribution is 2.33. The van der Waals surface area contributed by atoms with Gasteiger partial charge >= 0.3 is 0 Å². The number of nitrogens with zero attached hydrogens (tertiary/aromatic N) is 2. The number of carbonyl (C=O) groups excluding carboxylic acids is 2. The zero-order valence-electron chi connectivity index (χ0n) is 18.4. The Balaban J connectivity index is 1.46. The molecule has 3 aromatic rings. The molecule has 0 saturated carbocycles. The molecule has 1 N–H and O–H groups in total. The number of amides is 2. The standard InChI is InChI=1S/C26H29N3O2/c1-18-6-4-7-21(16-18)26-23-8-5-13-28(23)14-15-29(26)25(31)12-11-24(30)27-22-10-9-19(2)20(3)17-22/h4-10,13,16-17,26H,11-12,14-15H2,1-3H3,(H,27,30)/t26-/m1/s1. The van der Waals surface area contributed by atoms with E-state index in [0.29, 0.717) is 6.54 Å². The van der Waals surface area contributed by atoms with E-state index in [-0.39, 0.29) is 30.7 Å². The second kappa shape index (κ2) is 8.80. The maximum absolute atomic E-state index is 13.2. The minimum Gasteiger partial charge on any atom is -0.348 e. The smallest absolute Gasteiger partial charge is 0.224 e. The molecule has 160 valence electrons. The van der Waals surface area contributed by atoms with Gasteiger partial charge in [0.05, 0.1) is 6.04 Å². The number of hydrogen-bond acceptors (Lipinski definition) is 2. The Morgan fingerprint density at radius 3 is 2.55 bits per heavy atom. The number of carbonyl (C=O) groups is 2. The van der Waals surface area contributed by atoms with Crippen molar-refractivity contribution in [2.45, 2.75) is 46.2 Å². The summed E-state index contributed by atoms with van der Waals surface area (Å²) >= 11 is 0. The van der Waals surface area contributed by atoms with Gasteiger partial charge in [0.25, 0.3) is 0 Å². The summed E-state index contributed by atoms with van der Waals surface area (Å²) in [4.78, 5) is 27.6. The van der Waals surface area contributed by atoms with Gasteiger partial charge in [0.2, 0.25) is 11.8 Å². The number of aryl methyl sites for hydroxylation is 3. The number of fused-ring (bicyclic) bond motifs is 1. The molecule has 2 amide bonds. The molecule has 4 rings (SSSR count). The van der Waals surface area contributed by atoms with Crippen LogP contribution in [0.1, 0.15) is 46.8 Å². The molecule has 5 nitrogen and oxygen atoms in total. The molecular formula is C26H29N3O2. The first-order valence-electron chi connectivity index (χ1n) is 10.8. The summed E-state index contributed by atoms with van der Waals surface area (Å²) in [6, 6.07) is 18.1. The summed E-state index contributed by atoms with van der Waals surface area (Å²) in [5, 5.41) is 2.92. The molecule has 1 aromatic heterocycles.